The van der Waals surface area contributed by atoms with Crippen molar-refractivity contribution in [1.82, 2.24) is 19.9 Å². The number of benzene rings is 2. The smallest absolute Gasteiger partial charge is 0.251 e. The molecule has 4 aromatic rings. The maximum atomic E-state index is 12.2. The molecule has 0 radical (unpaired) electrons. The van der Waals surface area contributed by atoms with Crippen LogP contribution in [0, 0.1) is 20.8 Å². The van der Waals surface area contributed by atoms with E-state index in [1.807, 2.05) is 31.2 Å². The highest BCUT2D eigenvalue weighted by Gasteiger charge is 2.11. The van der Waals surface area contributed by atoms with Crippen molar-refractivity contribution in [2.45, 2.75) is 37.8 Å². The van der Waals surface area contributed by atoms with E-state index >= 15 is 0 Å². The monoisotopic (exact) mass is 436 g/mol. The molecule has 0 bridgehead atoms. The Bertz CT molecular complexity index is 1290. The fourth-order valence-electron chi connectivity index (χ4n) is 3.43. The number of aryl methyl sites for hydroxylation is 3. The van der Waals surface area contributed by atoms with Crippen LogP contribution in [-0.4, -0.2) is 19.9 Å². The van der Waals surface area contributed by atoms with Crippen molar-refractivity contribution >= 4 is 34.3 Å². The van der Waals surface area contributed by atoms with Crippen molar-refractivity contribution in [3.05, 3.63) is 92.0 Å². The highest BCUT2D eigenvalue weighted by molar-refractivity contribution is 7.98. The summed E-state index contributed by atoms with van der Waals surface area (Å²) in [6.45, 7) is 6.12. The van der Waals surface area contributed by atoms with Crippen LogP contribution in [0.4, 0.5) is 0 Å². The summed E-state index contributed by atoms with van der Waals surface area (Å²) in [6, 6.07) is 13.4. The van der Waals surface area contributed by atoms with Crippen LogP contribution in [0.5, 0.6) is 0 Å². The van der Waals surface area contributed by atoms with Crippen LogP contribution in [0.1, 0.15) is 34.2 Å². The van der Waals surface area contributed by atoms with Crippen molar-refractivity contribution < 1.29 is 0 Å². The Morgan fingerprint density at radius 1 is 1.00 bits per heavy atom. The van der Waals surface area contributed by atoms with Gasteiger partial charge in [-0.2, -0.15) is 0 Å². The molecule has 0 aliphatic heterocycles. The quantitative estimate of drug-likeness (QED) is 0.436. The molecule has 30 heavy (non-hydrogen) atoms. The Kier molecular flexibility index (Phi) is 5.88. The van der Waals surface area contributed by atoms with Gasteiger partial charge in [0.1, 0.15) is 11.6 Å². The Morgan fingerprint density at radius 2 is 1.77 bits per heavy atom. The topological polar surface area (TPSA) is 71.5 Å². The van der Waals surface area contributed by atoms with Crippen LogP contribution in [0.3, 0.4) is 0 Å². The minimum absolute atomic E-state index is 0.170. The fraction of sp³-hybridized carbons (Fsp3) is 0.217. The molecule has 2 aromatic carbocycles. The SMILES string of the molecule is Cc1cc(C)c2nc(Cc3nc(CSc4ccc(Cl)cc4)cc(=O)[nH]3)nc(C)c2c1. The van der Waals surface area contributed by atoms with Crippen LogP contribution in [-0.2, 0) is 12.2 Å². The molecule has 5 nitrogen and oxygen atoms in total. The van der Waals surface area contributed by atoms with E-state index in [0.717, 1.165) is 32.7 Å². The second-order valence-corrected chi connectivity index (χ2v) is 8.79. The van der Waals surface area contributed by atoms with E-state index in [1.165, 1.54) is 11.6 Å². The van der Waals surface area contributed by atoms with Crippen molar-refractivity contribution in [3.63, 3.8) is 0 Å². The first-order valence-corrected chi connectivity index (χ1v) is 11.0. The van der Waals surface area contributed by atoms with Crippen molar-refractivity contribution in [3.8, 4) is 0 Å². The average molecular weight is 437 g/mol. The third kappa shape index (κ3) is 4.71. The Hall–Kier alpha value is -2.70. The molecule has 0 amide bonds. The molecule has 0 fully saturated rings. The van der Waals surface area contributed by atoms with E-state index in [0.29, 0.717) is 28.8 Å². The van der Waals surface area contributed by atoms with Gasteiger partial charge in [0.15, 0.2) is 0 Å². The first-order valence-electron chi connectivity index (χ1n) is 9.59. The number of H-pyrrole nitrogens is 1. The van der Waals surface area contributed by atoms with Crippen LogP contribution < -0.4 is 5.56 Å². The van der Waals surface area contributed by atoms with Gasteiger partial charge < -0.3 is 4.98 Å². The normalized spacial score (nSPS) is 11.2. The van der Waals surface area contributed by atoms with Gasteiger partial charge in [-0.05, 0) is 56.7 Å². The summed E-state index contributed by atoms with van der Waals surface area (Å²) in [4.78, 5) is 30.1. The highest BCUT2D eigenvalue weighted by Crippen LogP contribution is 2.24. The number of thioether (sulfide) groups is 1. The van der Waals surface area contributed by atoms with Gasteiger partial charge in [-0.1, -0.05) is 23.2 Å². The third-order valence-electron chi connectivity index (χ3n) is 4.74. The molecule has 0 saturated carbocycles. The largest absolute Gasteiger partial charge is 0.310 e. The maximum absolute atomic E-state index is 12.2. The van der Waals surface area contributed by atoms with Gasteiger partial charge >= 0.3 is 0 Å². The molecule has 2 heterocycles. The average Bonchev–Trinajstić information content (AvgIpc) is 2.68. The van der Waals surface area contributed by atoms with E-state index in [2.05, 4.69) is 40.9 Å². The van der Waals surface area contributed by atoms with Crippen LogP contribution >= 0.6 is 23.4 Å². The van der Waals surface area contributed by atoms with Gasteiger partial charge in [-0.15, -0.1) is 11.8 Å². The number of fused-ring (bicyclic) bond motifs is 1. The Morgan fingerprint density at radius 3 is 2.53 bits per heavy atom. The predicted molar refractivity (Wildman–Crippen MR) is 122 cm³/mol. The lowest BCUT2D eigenvalue weighted by atomic mass is 10.1. The summed E-state index contributed by atoms with van der Waals surface area (Å²) in [5.41, 5.74) is 4.73. The minimum atomic E-state index is -0.170. The molecule has 0 unspecified atom stereocenters. The van der Waals surface area contributed by atoms with Crippen LogP contribution in [0.25, 0.3) is 10.9 Å². The summed E-state index contributed by atoms with van der Waals surface area (Å²) >= 11 is 7.54. The summed E-state index contributed by atoms with van der Waals surface area (Å²) in [5, 5.41) is 1.76. The van der Waals surface area contributed by atoms with Crippen molar-refractivity contribution in [2.75, 3.05) is 0 Å². The molecular weight excluding hydrogens is 416 g/mol. The number of aromatic nitrogens is 4. The molecule has 0 aliphatic rings. The van der Waals surface area contributed by atoms with E-state index in [4.69, 9.17) is 16.6 Å². The predicted octanol–water partition coefficient (Wildman–Crippen LogP) is 5.17. The molecule has 0 aliphatic carbocycles. The summed E-state index contributed by atoms with van der Waals surface area (Å²) in [5.74, 6) is 1.81. The standard InChI is InChI=1S/C23H21ClN4OS/c1-13-8-14(2)23-19(9-13)15(3)25-20(28-23)11-21-26-17(10-22(29)27-21)12-30-18-6-4-16(24)5-7-18/h4-10H,11-12H2,1-3H3,(H,26,27,29). The molecule has 2 aromatic heterocycles. The zero-order valence-electron chi connectivity index (χ0n) is 17.0. The van der Waals surface area contributed by atoms with Gasteiger partial charge in [0, 0.05) is 32.8 Å². The summed E-state index contributed by atoms with van der Waals surface area (Å²) in [7, 11) is 0. The second kappa shape index (κ2) is 8.58. The molecule has 152 valence electrons. The lowest BCUT2D eigenvalue weighted by Gasteiger charge is -2.09. The van der Waals surface area contributed by atoms with Crippen molar-refractivity contribution in [2.24, 2.45) is 0 Å². The molecule has 4 rings (SSSR count). The highest BCUT2D eigenvalue weighted by atomic mass is 35.5. The zero-order chi connectivity index (χ0) is 21.3. The molecule has 7 heteroatoms. The van der Waals surface area contributed by atoms with Gasteiger partial charge in [0.05, 0.1) is 17.6 Å². The lowest BCUT2D eigenvalue weighted by Crippen LogP contribution is -2.14. The number of hydrogen-bond donors (Lipinski definition) is 1. The second-order valence-electron chi connectivity index (χ2n) is 7.31. The molecule has 1 N–H and O–H groups in total. The summed E-state index contributed by atoms with van der Waals surface area (Å²) < 4.78 is 0. The lowest BCUT2D eigenvalue weighted by molar-refractivity contribution is 0.862. The first-order chi connectivity index (χ1) is 14.4. The van der Waals surface area contributed by atoms with E-state index in [9.17, 15) is 4.79 Å². The molecule has 0 spiro atoms. The number of nitrogens with one attached hydrogen (secondary N) is 1. The van der Waals surface area contributed by atoms with E-state index in [1.54, 1.807) is 11.8 Å². The molecule has 0 saturated heterocycles. The van der Waals surface area contributed by atoms with Gasteiger partial charge in [-0.3, -0.25) is 4.79 Å². The molecular formula is C23H21ClN4OS. The number of aromatic amines is 1. The van der Waals surface area contributed by atoms with E-state index in [-0.39, 0.29) is 5.56 Å². The number of hydrogen-bond acceptors (Lipinski definition) is 5. The molecule has 0 atom stereocenters. The van der Waals surface area contributed by atoms with Gasteiger partial charge in [0.25, 0.3) is 5.56 Å². The van der Waals surface area contributed by atoms with E-state index < -0.39 is 0 Å². The number of nitrogens with zero attached hydrogens (tertiary/aromatic N) is 3. The minimum Gasteiger partial charge on any atom is -0.310 e. The zero-order valence-corrected chi connectivity index (χ0v) is 18.6. The van der Waals surface area contributed by atoms with Crippen LogP contribution in [0.2, 0.25) is 5.02 Å². The third-order valence-corrected chi connectivity index (χ3v) is 6.04. The van der Waals surface area contributed by atoms with Crippen LogP contribution in [0.15, 0.2) is 52.2 Å². The Labute approximate surface area is 184 Å². The summed E-state index contributed by atoms with van der Waals surface area (Å²) in [6.07, 6.45) is 0.374. The number of rotatable bonds is 5. The Balaban J connectivity index is 1.59. The maximum Gasteiger partial charge on any atom is 0.251 e. The fourth-order valence-corrected chi connectivity index (χ4v) is 4.35. The van der Waals surface area contributed by atoms with Gasteiger partial charge in [0.2, 0.25) is 0 Å². The number of halogens is 1. The first kappa shape index (κ1) is 20.6. The van der Waals surface area contributed by atoms with Gasteiger partial charge in [-0.25, -0.2) is 15.0 Å². The van der Waals surface area contributed by atoms with Crippen molar-refractivity contribution in [1.29, 1.82) is 0 Å².